The van der Waals surface area contributed by atoms with Gasteiger partial charge in [0, 0.05) is 11.1 Å². The lowest BCUT2D eigenvalue weighted by Gasteiger charge is -2.16. The number of halogens is 1. The Morgan fingerprint density at radius 1 is 1.25 bits per heavy atom. The van der Waals surface area contributed by atoms with Crippen molar-refractivity contribution in [3.05, 3.63) is 34.9 Å². The molecule has 3 nitrogen and oxygen atoms in total. The van der Waals surface area contributed by atoms with Crippen molar-refractivity contribution in [3.8, 4) is 0 Å². The molecule has 0 amide bonds. The van der Waals surface area contributed by atoms with Gasteiger partial charge in [-0.1, -0.05) is 23.7 Å². The van der Waals surface area contributed by atoms with Crippen molar-refractivity contribution in [2.45, 2.75) is 32.1 Å². The van der Waals surface area contributed by atoms with Gasteiger partial charge in [0.1, 0.15) is 0 Å². The van der Waals surface area contributed by atoms with Crippen LogP contribution in [0.3, 0.4) is 0 Å². The maximum atomic E-state index is 11.7. The number of nitrogens with one attached hydrogen (secondary N) is 1. The summed E-state index contributed by atoms with van der Waals surface area (Å²) >= 11 is 5.85. The van der Waals surface area contributed by atoms with Crippen LogP contribution in [0, 0.1) is 0 Å². The topological polar surface area (TPSA) is 46.2 Å². The number of hydrogen-bond donors (Lipinski definition) is 1. The second kappa shape index (κ2) is 5.17. The fourth-order valence-electron chi connectivity index (χ4n) is 1.23. The Balaban J connectivity index is 2.85. The monoisotopic (exact) mass is 261 g/mol. The Morgan fingerprint density at radius 3 is 2.38 bits per heavy atom. The van der Waals surface area contributed by atoms with Gasteiger partial charge in [0.25, 0.3) is 0 Å². The van der Waals surface area contributed by atoms with E-state index in [9.17, 15) is 8.42 Å². The molecule has 0 aromatic heterocycles. The van der Waals surface area contributed by atoms with Gasteiger partial charge in [-0.25, -0.2) is 13.1 Å². The summed E-state index contributed by atoms with van der Waals surface area (Å²) < 4.78 is 25.9. The highest BCUT2D eigenvalue weighted by molar-refractivity contribution is 7.90. The molecule has 1 unspecified atom stereocenters. The third kappa shape index (κ3) is 3.47. The van der Waals surface area contributed by atoms with Crippen LogP contribution in [0.1, 0.15) is 32.4 Å². The molecule has 16 heavy (non-hydrogen) atoms. The minimum absolute atomic E-state index is 0.272. The first-order valence-electron chi connectivity index (χ1n) is 5.09. The van der Waals surface area contributed by atoms with E-state index < -0.39 is 15.3 Å². The molecule has 0 fully saturated rings. The first kappa shape index (κ1) is 13.5. The Bertz CT molecular complexity index is 457. The van der Waals surface area contributed by atoms with Crippen LogP contribution < -0.4 is 4.72 Å². The lowest BCUT2D eigenvalue weighted by atomic mass is 10.1. The molecule has 0 bridgehead atoms. The molecule has 0 saturated carbocycles. The van der Waals surface area contributed by atoms with Gasteiger partial charge >= 0.3 is 0 Å². The molecule has 1 N–H and O–H groups in total. The van der Waals surface area contributed by atoms with Crippen LogP contribution >= 0.6 is 11.6 Å². The van der Waals surface area contributed by atoms with Crippen LogP contribution in [-0.2, 0) is 10.0 Å². The molecule has 0 heterocycles. The van der Waals surface area contributed by atoms with E-state index in [0.717, 1.165) is 5.56 Å². The van der Waals surface area contributed by atoms with Gasteiger partial charge in [-0.05, 0) is 38.5 Å². The third-order valence-corrected chi connectivity index (χ3v) is 4.47. The van der Waals surface area contributed by atoms with Crippen LogP contribution in [0.5, 0.6) is 0 Å². The zero-order valence-electron chi connectivity index (χ0n) is 9.57. The van der Waals surface area contributed by atoms with Gasteiger partial charge in [-0.2, -0.15) is 0 Å². The number of hydrogen-bond acceptors (Lipinski definition) is 2. The zero-order valence-corrected chi connectivity index (χ0v) is 11.1. The Hall–Kier alpha value is -0.580. The van der Waals surface area contributed by atoms with Crippen molar-refractivity contribution in [1.82, 2.24) is 4.72 Å². The van der Waals surface area contributed by atoms with E-state index in [2.05, 4.69) is 4.72 Å². The Labute approximate surface area is 102 Å². The summed E-state index contributed by atoms with van der Waals surface area (Å²) in [6.07, 6.45) is 0. The summed E-state index contributed by atoms with van der Waals surface area (Å²) in [5.41, 5.74) is 0.858. The summed E-state index contributed by atoms with van der Waals surface area (Å²) in [5, 5.41) is 0.169. The summed E-state index contributed by atoms with van der Waals surface area (Å²) in [5.74, 6) is 0. The van der Waals surface area contributed by atoms with Gasteiger partial charge in [0.15, 0.2) is 0 Å². The zero-order chi connectivity index (χ0) is 12.3. The second-order valence-electron chi connectivity index (χ2n) is 3.99. The molecule has 0 saturated heterocycles. The predicted octanol–water partition coefficient (Wildman–Crippen LogP) is 2.73. The lowest BCUT2D eigenvalue weighted by Crippen LogP contribution is -2.32. The van der Waals surface area contributed by atoms with E-state index in [1.165, 1.54) is 0 Å². The molecule has 1 aromatic rings. The summed E-state index contributed by atoms with van der Waals surface area (Å²) in [7, 11) is -3.25. The first-order chi connectivity index (χ1) is 7.33. The number of sulfonamides is 1. The minimum Gasteiger partial charge on any atom is -0.212 e. The fourth-order valence-corrected chi connectivity index (χ4v) is 2.33. The summed E-state index contributed by atoms with van der Waals surface area (Å²) in [6.45, 7) is 5.09. The largest absolute Gasteiger partial charge is 0.214 e. The average molecular weight is 262 g/mol. The molecule has 5 heteroatoms. The lowest BCUT2D eigenvalue weighted by molar-refractivity contribution is 0.558. The highest BCUT2D eigenvalue weighted by Gasteiger charge is 2.19. The summed E-state index contributed by atoms with van der Waals surface area (Å²) in [4.78, 5) is 0. The van der Waals surface area contributed by atoms with Gasteiger partial charge in [-0.3, -0.25) is 0 Å². The molecule has 0 aliphatic carbocycles. The molecule has 90 valence electrons. The van der Waals surface area contributed by atoms with E-state index in [-0.39, 0.29) is 6.04 Å². The first-order valence-corrected chi connectivity index (χ1v) is 7.02. The van der Waals surface area contributed by atoms with Crippen molar-refractivity contribution in [1.29, 1.82) is 0 Å². The van der Waals surface area contributed by atoms with Crippen LogP contribution in [0.2, 0.25) is 5.02 Å². The highest BCUT2D eigenvalue weighted by Crippen LogP contribution is 2.18. The van der Waals surface area contributed by atoms with E-state index in [1.54, 1.807) is 39.0 Å². The van der Waals surface area contributed by atoms with E-state index in [1.807, 2.05) is 6.07 Å². The van der Waals surface area contributed by atoms with Crippen LogP contribution in [0.4, 0.5) is 0 Å². The van der Waals surface area contributed by atoms with Crippen LogP contribution in [0.25, 0.3) is 0 Å². The SMILES string of the molecule is CC(NS(=O)(=O)C(C)C)c1cccc(Cl)c1. The maximum absolute atomic E-state index is 11.7. The highest BCUT2D eigenvalue weighted by atomic mass is 35.5. The molecular formula is C11H16ClNO2S. The van der Waals surface area contributed by atoms with E-state index >= 15 is 0 Å². The molecule has 0 aliphatic heterocycles. The number of benzene rings is 1. The molecule has 0 aliphatic rings. The van der Waals surface area contributed by atoms with Gasteiger partial charge in [-0.15, -0.1) is 0 Å². The van der Waals surface area contributed by atoms with Crippen molar-refractivity contribution in [2.24, 2.45) is 0 Å². The predicted molar refractivity (Wildman–Crippen MR) is 67.1 cm³/mol. The minimum atomic E-state index is -3.25. The van der Waals surface area contributed by atoms with Gasteiger partial charge < -0.3 is 0 Å². The van der Waals surface area contributed by atoms with E-state index in [4.69, 9.17) is 11.6 Å². The van der Waals surface area contributed by atoms with Crippen molar-refractivity contribution in [3.63, 3.8) is 0 Å². The quantitative estimate of drug-likeness (QED) is 0.906. The van der Waals surface area contributed by atoms with Crippen molar-refractivity contribution in [2.75, 3.05) is 0 Å². The second-order valence-corrected chi connectivity index (χ2v) is 6.69. The molecular weight excluding hydrogens is 246 g/mol. The molecule has 0 spiro atoms. The molecule has 1 rings (SSSR count). The Kier molecular flexibility index (Phi) is 4.35. The normalized spacial score (nSPS) is 14.1. The molecule has 1 aromatic carbocycles. The van der Waals surface area contributed by atoms with Crippen molar-refractivity contribution >= 4 is 21.6 Å². The molecule has 1 atom stereocenters. The number of rotatable bonds is 4. The van der Waals surface area contributed by atoms with Gasteiger partial charge in [0.05, 0.1) is 5.25 Å². The average Bonchev–Trinajstić information content (AvgIpc) is 2.16. The maximum Gasteiger partial charge on any atom is 0.214 e. The molecule has 0 radical (unpaired) electrons. The third-order valence-electron chi connectivity index (χ3n) is 2.31. The van der Waals surface area contributed by atoms with Crippen molar-refractivity contribution < 1.29 is 8.42 Å². The summed E-state index contributed by atoms with van der Waals surface area (Å²) in [6, 6.07) is 6.90. The smallest absolute Gasteiger partial charge is 0.212 e. The Morgan fingerprint density at radius 2 is 1.88 bits per heavy atom. The van der Waals surface area contributed by atoms with Gasteiger partial charge in [0.2, 0.25) is 10.0 Å². The van der Waals surface area contributed by atoms with E-state index in [0.29, 0.717) is 5.02 Å². The van der Waals surface area contributed by atoms with Crippen LogP contribution in [0.15, 0.2) is 24.3 Å². The van der Waals surface area contributed by atoms with Crippen LogP contribution in [-0.4, -0.2) is 13.7 Å². The standard InChI is InChI=1S/C11H16ClNO2S/c1-8(2)16(14,15)13-9(3)10-5-4-6-11(12)7-10/h4-9,13H,1-3H3. The fraction of sp³-hybridized carbons (Fsp3) is 0.455.